The van der Waals surface area contributed by atoms with E-state index >= 15 is 0 Å². The second-order valence-electron chi connectivity index (χ2n) is 4.66. The summed E-state index contributed by atoms with van der Waals surface area (Å²) < 4.78 is 1.66. The van der Waals surface area contributed by atoms with Gasteiger partial charge in [-0.15, -0.1) is 0 Å². The lowest BCUT2D eigenvalue weighted by Gasteiger charge is -2.08. The quantitative estimate of drug-likeness (QED) is 0.852. The second kappa shape index (κ2) is 6.69. The Morgan fingerprint density at radius 3 is 2.57 bits per heavy atom. The Morgan fingerprint density at radius 1 is 1.24 bits per heavy atom. The largest absolute Gasteiger partial charge is 0.481 e. The monoisotopic (exact) mass is 287 g/mol. The van der Waals surface area contributed by atoms with Crippen molar-refractivity contribution in [1.82, 2.24) is 9.78 Å². The van der Waals surface area contributed by atoms with Crippen LogP contribution in [-0.2, 0) is 17.8 Å². The molecule has 6 nitrogen and oxygen atoms in total. The number of nitrogens with one attached hydrogen (secondary N) is 1. The van der Waals surface area contributed by atoms with Crippen molar-refractivity contribution in [2.75, 3.05) is 5.32 Å². The zero-order valence-electron chi connectivity index (χ0n) is 11.7. The minimum atomic E-state index is -0.879. The van der Waals surface area contributed by atoms with Crippen LogP contribution >= 0.6 is 0 Å². The maximum Gasteiger partial charge on any atom is 0.307 e. The summed E-state index contributed by atoms with van der Waals surface area (Å²) in [5.41, 5.74) is 1.82. The predicted molar refractivity (Wildman–Crippen MR) is 78.3 cm³/mol. The molecule has 1 amide bonds. The van der Waals surface area contributed by atoms with E-state index in [-0.39, 0.29) is 12.3 Å². The number of carboxylic acids is 1. The summed E-state index contributed by atoms with van der Waals surface area (Å²) in [6.07, 6.45) is 2.46. The average molecular weight is 287 g/mol. The van der Waals surface area contributed by atoms with Crippen LogP contribution in [0.1, 0.15) is 29.4 Å². The minimum Gasteiger partial charge on any atom is -0.481 e. The Labute approximate surface area is 122 Å². The van der Waals surface area contributed by atoms with Crippen molar-refractivity contribution in [1.29, 1.82) is 0 Å². The van der Waals surface area contributed by atoms with Crippen LogP contribution < -0.4 is 5.32 Å². The molecule has 0 saturated carbocycles. The molecular weight excluding hydrogens is 270 g/mol. The molecule has 0 spiro atoms. The zero-order valence-corrected chi connectivity index (χ0v) is 11.7. The van der Waals surface area contributed by atoms with Gasteiger partial charge in [-0.05, 0) is 30.2 Å². The van der Waals surface area contributed by atoms with E-state index in [2.05, 4.69) is 10.4 Å². The van der Waals surface area contributed by atoms with Crippen LogP contribution in [0.5, 0.6) is 0 Å². The van der Waals surface area contributed by atoms with Crippen molar-refractivity contribution < 1.29 is 14.7 Å². The lowest BCUT2D eigenvalue weighted by Crippen LogP contribution is -2.17. The van der Waals surface area contributed by atoms with E-state index in [0.29, 0.717) is 23.5 Å². The number of carboxylic acid groups (broad SMARTS) is 1. The van der Waals surface area contributed by atoms with Gasteiger partial charge in [0.1, 0.15) is 5.69 Å². The van der Waals surface area contributed by atoms with Crippen molar-refractivity contribution in [2.24, 2.45) is 0 Å². The normalized spacial score (nSPS) is 10.3. The summed E-state index contributed by atoms with van der Waals surface area (Å²) in [6, 6.07) is 8.43. The Kier molecular flexibility index (Phi) is 4.71. The first-order valence-electron chi connectivity index (χ1n) is 6.74. The van der Waals surface area contributed by atoms with Crippen molar-refractivity contribution in [2.45, 2.75) is 26.3 Å². The summed E-state index contributed by atoms with van der Waals surface area (Å²) in [4.78, 5) is 22.8. The number of benzene rings is 1. The Bertz CT molecular complexity index is 632. The molecule has 0 aliphatic carbocycles. The topological polar surface area (TPSA) is 84.2 Å². The maximum absolute atomic E-state index is 12.2. The van der Waals surface area contributed by atoms with Gasteiger partial charge in [0.2, 0.25) is 0 Å². The SMILES string of the molecule is CCCn1nccc1C(=O)Nc1ccc(CC(=O)O)cc1. The highest BCUT2D eigenvalue weighted by Gasteiger charge is 2.11. The van der Waals surface area contributed by atoms with Gasteiger partial charge in [-0.25, -0.2) is 0 Å². The molecule has 0 unspecified atom stereocenters. The number of anilines is 1. The third-order valence-electron chi connectivity index (χ3n) is 2.95. The second-order valence-corrected chi connectivity index (χ2v) is 4.66. The van der Waals surface area contributed by atoms with Crippen LogP contribution in [0.3, 0.4) is 0 Å². The summed E-state index contributed by atoms with van der Waals surface area (Å²) >= 11 is 0. The number of carbonyl (C=O) groups excluding carboxylic acids is 1. The van der Waals surface area contributed by atoms with Crippen LogP contribution in [0.2, 0.25) is 0 Å². The molecule has 2 rings (SSSR count). The molecule has 0 aliphatic rings. The highest BCUT2D eigenvalue weighted by atomic mass is 16.4. The van der Waals surface area contributed by atoms with E-state index < -0.39 is 5.97 Å². The van der Waals surface area contributed by atoms with Crippen molar-refractivity contribution >= 4 is 17.6 Å². The fourth-order valence-corrected chi connectivity index (χ4v) is 1.99. The van der Waals surface area contributed by atoms with Gasteiger partial charge in [0, 0.05) is 18.4 Å². The molecule has 6 heteroatoms. The van der Waals surface area contributed by atoms with E-state index in [4.69, 9.17) is 5.11 Å². The number of nitrogens with zero attached hydrogens (tertiary/aromatic N) is 2. The van der Waals surface area contributed by atoms with Crippen molar-refractivity contribution in [3.63, 3.8) is 0 Å². The van der Waals surface area contributed by atoms with E-state index in [1.54, 1.807) is 41.2 Å². The highest BCUT2D eigenvalue weighted by Crippen LogP contribution is 2.12. The van der Waals surface area contributed by atoms with Crippen LogP contribution in [-0.4, -0.2) is 26.8 Å². The predicted octanol–water partition coefficient (Wildman–Crippen LogP) is 2.17. The molecule has 1 aromatic heterocycles. The van der Waals surface area contributed by atoms with Crippen molar-refractivity contribution in [3.8, 4) is 0 Å². The first-order valence-corrected chi connectivity index (χ1v) is 6.74. The lowest BCUT2D eigenvalue weighted by atomic mass is 10.1. The molecule has 0 fully saturated rings. The van der Waals surface area contributed by atoms with E-state index in [9.17, 15) is 9.59 Å². The number of aryl methyl sites for hydroxylation is 1. The van der Waals surface area contributed by atoms with Gasteiger partial charge in [0.05, 0.1) is 6.42 Å². The highest BCUT2D eigenvalue weighted by molar-refractivity contribution is 6.03. The smallest absolute Gasteiger partial charge is 0.307 e. The molecule has 2 N–H and O–H groups in total. The molecule has 1 aromatic carbocycles. The molecule has 0 bridgehead atoms. The minimum absolute atomic E-state index is 0.0303. The van der Waals surface area contributed by atoms with Gasteiger partial charge in [-0.2, -0.15) is 5.10 Å². The van der Waals surface area contributed by atoms with Gasteiger partial charge in [0.25, 0.3) is 5.91 Å². The molecule has 110 valence electrons. The Hall–Kier alpha value is -2.63. The van der Waals surface area contributed by atoms with Crippen LogP contribution in [0.25, 0.3) is 0 Å². The van der Waals surface area contributed by atoms with E-state index in [1.165, 1.54) is 0 Å². The summed E-state index contributed by atoms with van der Waals surface area (Å²) in [5.74, 6) is -1.11. The molecule has 2 aromatic rings. The number of amides is 1. The lowest BCUT2D eigenvalue weighted by molar-refractivity contribution is -0.136. The Morgan fingerprint density at radius 2 is 1.95 bits per heavy atom. The molecule has 0 aliphatic heterocycles. The van der Waals surface area contributed by atoms with Crippen LogP contribution in [0, 0.1) is 0 Å². The number of hydrogen-bond acceptors (Lipinski definition) is 3. The van der Waals surface area contributed by atoms with Crippen molar-refractivity contribution in [3.05, 3.63) is 47.8 Å². The average Bonchev–Trinajstić information content (AvgIpc) is 2.89. The van der Waals surface area contributed by atoms with Gasteiger partial charge in [-0.3, -0.25) is 14.3 Å². The molecule has 0 radical (unpaired) electrons. The first-order chi connectivity index (χ1) is 10.1. The zero-order chi connectivity index (χ0) is 15.2. The number of carbonyl (C=O) groups is 2. The van der Waals surface area contributed by atoms with Gasteiger partial charge in [0.15, 0.2) is 0 Å². The molecular formula is C15H17N3O3. The molecule has 1 heterocycles. The fraction of sp³-hybridized carbons (Fsp3) is 0.267. The van der Waals surface area contributed by atoms with Crippen LogP contribution in [0.15, 0.2) is 36.5 Å². The third-order valence-corrected chi connectivity index (χ3v) is 2.95. The molecule has 21 heavy (non-hydrogen) atoms. The number of aromatic nitrogens is 2. The summed E-state index contributed by atoms with van der Waals surface area (Å²) in [5, 5.41) is 15.6. The molecule has 0 saturated heterocycles. The molecule has 0 atom stereocenters. The number of aliphatic carboxylic acids is 1. The van der Waals surface area contributed by atoms with Crippen LogP contribution in [0.4, 0.5) is 5.69 Å². The summed E-state index contributed by atoms with van der Waals surface area (Å²) in [6.45, 7) is 2.71. The number of rotatable bonds is 6. The number of hydrogen-bond donors (Lipinski definition) is 2. The Balaban J connectivity index is 2.05. The fourth-order valence-electron chi connectivity index (χ4n) is 1.99. The van der Waals surface area contributed by atoms with E-state index in [1.807, 2.05) is 6.92 Å². The summed E-state index contributed by atoms with van der Waals surface area (Å²) in [7, 11) is 0. The van der Waals surface area contributed by atoms with Gasteiger partial charge in [-0.1, -0.05) is 19.1 Å². The van der Waals surface area contributed by atoms with Gasteiger partial charge >= 0.3 is 5.97 Å². The van der Waals surface area contributed by atoms with Gasteiger partial charge < -0.3 is 10.4 Å². The maximum atomic E-state index is 12.2. The van der Waals surface area contributed by atoms with E-state index in [0.717, 1.165) is 6.42 Å². The first kappa shape index (κ1) is 14.8. The standard InChI is InChI=1S/C15H17N3O3/c1-2-9-18-13(7-8-16-18)15(21)17-12-5-3-11(4-6-12)10-14(19)20/h3-8H,2,9-10H2,1H3,(H,17,21)(H,19,20). The third kappa shape index (κ3) is 3.92.